The Morgan fingerprint density at radius 3 is 2.51 bits per heavy atom. The summed E-state index contributed by atoms with van der Waals surface area (Å²) in [4.78, 5) is 16.9. The zero-order valence-electron chi connectivity index (χ0n) is 18.8. The Morgan fingerprint density at radius 1 is 1.17 bits per heavy atom. The Balaban J connectivity index is 1.66. The van der Waals surface area contributed by atoms with Gasteiger partial charge in [0.2, 0.25) is 0 Å². The second-order valence-corrected chi connectivity index (χ2v) is 8.96. The first kappa shape index (κ1) is 22.7. The SMILES string of the molecule is C[C@]1(O)C[C@@H](n2nc(-c3ccc4c(OC(F)F)cc(-c5ccccc5)nc4c3)c(C(N)=O)c2N)C1. The average Bonchev–Trinajstić information content (AvgIpc) is 3.14. The fourth-order valence-electron chi connectivity index (χ4n) is 4.59. The van der Waals surface area contributed by atoms with Crippen LogP contribution in [0.3, 0.4) is 0 Å². The molecule has 0 spiro atoms. The second kappa shape index (κ2) is 8.31. The number of nitrogen functional groups attached to an aromatic ring is 1. The van der Waals surface area contributed by atoms with Crippen LogP contribution in [0.5, 0.6) is 5.75 Å². The van der Waals surface area contributed by atoms with Gasteiger partial charge in [-0.25, -0.2) is 9.67 Å². The third-order valence-corrected chi connectivity index (χ3v) is 6.22. The van der Waals surface area contributed by atoms with Gasteiger partial charge in [0.15, 0.2) is 0 Å². The monoisotopic (exact) mass is 479 g/mol. The number of ether oxygens (including phenoxy) is 1. The number of benzene rings is 2. The van der Waals surface area contributed by atoms with Gasteiger partial charge < -0.3 is 21.3 Å². The van der Waals surface area contributed by atoms with Crippen LogP contribution in [0.4, 0.5) is 14.6 Å². The van der Waals surface area contributed by atoms with E-state index >= 15 is 0 Å². The first-order chi connectivity index (χ1) is 16.6. The Kier molecular flexibility index (Phi) is 5.40. The van der Waals surface area contributed by atoms with Crippen molar-refractivity contribution in [1.82, 2.24) is 14.8 Å². The summed E-state index contributed by atoms with van der Waals surface area (Å²) in [5.74, 6) is -0.657. The highest BCUT2D eigenvalue weighted by Gasteiger charge is 2.41. The molecule has 0 bridgehead atoms. The molecule has 2 heterocycles. The highest BCUT2D eigenvalue weighted by Crippen LogP contribution is 2.43. The number of nitrogens with zero attached hydrogens (tertiary/aromatic N) is 3. The van der Waals surface area contributed by atoms with Crippen LogP contribution in [-0.2, 0) is 0 Å². The first-order valence-electron chi connectivity index (χ1n) is 11.0. The molecule has 4 aromatic rings. The van der Waals surface area contributed by atoms with Crippen molar-refractivity contribution in [3.8, 4) is 28.3 Å². The zero-order chi connectivity index (χ0) is 24.9. The van der Waals surface area contributed by atoms with Crippen LogP contribution in [0.2, 0.25) is 0 Å². The van der Waals surface area contributed by atoms with Crippen LogP contribution in [0.15, 0.2) is 54.6 Å². The number of rotatable bonds is 6. The molecule has 0 saturated heterocycles. The van der Waals surface area contributed by atoms with Crippen LogP contribution in [0.1, 0.15) is 36.2 Å². The summed E-state index contributed by atoms with van der Waals surface area (Å²) >= 11 is 0. The number of nitrogens with two attached hydrogens (primary N) is 2. The lowest BCUT2D eigenvalue weighted by Crippen LogP contribution is -2.42. The number of pyridine rings is 1. The van der Waals surface area contributed by atoms with E-state index in [-0.39, 0.29) is 28.9 Å². The van der Waals surface area contributed by atoms with Crippen LogP contribution in [0, 0.1) is 0 Å². The molecule has 1 fully saturated rings. The molecule has 0 radical (unpaired) electrons. The number of anilines is 1. The van der Waals surface area contributed by atoms with E-state index in [1.807, 2.05) is 30.3 Å². The Hall–Kier alpha value is -4.05. The van der Waals surface area contributed by atoms with Gasteiger partial charge in [-0.1, -0.05) is 36.4 Å². The number of primary amides is 1. The van der Waals surface area contributed by atoms with Gasteiger partial charge in [0.1, 0.15) is 22.8 Å². The van der Waals surface area contributed by atoms with Crippen molar-refractivity contribution in [3.05, 3.63) is 60.2 Å². The predicted octanol–water partition coefficient (Wildman–Crippen LogP) is 4.13. The van der Waals surface area contributed by atoms with E-state index in [2.05, 4.69) is 10.1 Å². The van der Waals surface area contributed by atoms with Crippen molar-refractivity contribution in [2.24, 2.45) is 5.73 Å². The van der Waals surface area contributed by atoms with E-state index in [9.17, 15) is 18.7 Å². The highest BCUT2D eigenvalue weighted by atomic mass is 19.3. The molecule has 1 saturated carbocycles. The molecule has 180 valence electrons. The van der Waals surface area contributed by atoms with Crippen molar-refractivity contribution >= 4 is 22.6 Å². The number of carbonyl (C=O) groups is 1. The molecule has 0 atom stereocenters. The molecular weight excluding hydrogens is 456 g/mol. The molecule has 5 N–H and O–H groups in total. The molecule has 1 aliphatic rings. The highest BCUT2D eigenvalue weighted by molar-refractivity contribution is 6.04. The topological polar surface area (TPSA) is 129 Å². The Bertz CT molecular complexity index is 1430. The summed E-state index contributed by atoms with van der Waals surface area (Å²) < 4.78 is 32.6. The number of aromatic nitrogens is 3. The van der Waals surface area contributed by atoms with Gasteiger partial charge in [0, 0.05) is 22.6 Å². The summed E-state index contributed by atoms with van der Waals surface area (Å²) in [5.41, 5.74) is 13.4. The summed E-state index contributed by atoms with van der Waals surface area (Å²) in [7, 11) is 0. The van der Waals surface area contributed by atoms with Gasteiger partial charge in [0.05, 0.1) is 22.9 Å². The molecule has 0 unspecified atom stereocenters. The number of alkyl halides is 2. The first-order valence-corrected chi connectivity index (χ1v) is 11.0. The lowest BCUT2D eigenvalue weighted by Gasteiger charge is -2.41. The minimum Gasteiger partial charge on any atom is -0.434 e. The van der Waals surface area contributed by atoms with Gasteiger partial charge in [-0.3, -0.25) is 4.79 Å². The fraction of sp³-hybridized carbons (Fsp3) is 0.240. The Labute approximate surface area is 199 Å². The van der Waals surface area contributed by atoms with Crippen molar-refractivity contribution in [1.29, 1.82) is 0 Å². The normalized spacial score (nSPS) is 19.6. The van der Waals surface area contributed by atoms with Gasteiger partial charge in [-0.15, -0.1) is 0 Å². The quantitative estimate of drug-likeness (QED) is 0.381. The average molecular weight is 479 g/mol. The molecule has 2 aromatic carbocycles. The van der Waals surface area contributed by atoms with Gasteiger partial charge in [0.25, 0.3) is 5.91 Å². The van der Waals surface area contributed by atoms with Gasteiger partial charge >= 0.3 is 6.61 Å². The van der Waals surface area contributed by atoms with Gasteiger partial charge in [-0.05, 0) is 31.9 Å². The number of hydrogen-bond donors (Lipinski definition) is 3. The van der Waals surface area contributed by atoms with E-state index in [1.54, 1.807) is 25.1 Å². The molecule has 35 heavy (non-hydrogen) atoms. The van der Waals surface area contributed by atoms with E-state index in [0.717, 1.165) is 5.56 Å². The zero-order valence-corrected chi connectivity index (χ0v) is 18.8. The predicted molar refractivity (Wildman–Crippen MR) is 127 cm³/mol. The van der Waals surface area contributed by atoms with Crippen molar-refractivity contribution in [2.75, 3.05) is 5.73 Å². The summed E-state index contributed by atoms with van der Waals surface area (Å²) in [5, 5.41) is 15.0. The number of hydrogen-bond acceptors (Lipinski definition) is 6. The summed E-state index contributed by atoms with van der Waals surface area (Å²) in [6.45, 7) is -1.29. The summed E-state index contributed by atoms with van der Waals surface area (Å²) in [6, 6.07) is 15.2. The maximum absolute atomic E-state index is 13.1. The van der Waals surface area contributed by atoms with Crippen LogP contribution >= 0.6 is 0 Å². The third-order valence-electron chi connectivity index (χ3n) is 6.22. The van der Waals surface area contributed by atoms with Crippen molar-refractivity contribution < 1.29 is 23.4 Å². The van der Waals surface area contributed by atoms with Crippen LogP contribution in [0.25, 0.3) is 33.4 Å². The fourth-order valence-corrected chi connectivity index (χ4v) is 4.59. The summed E-state index contributed by atoms with van der Waals surface area (Å²) in [6.07, 6.45) is 0.870. The van der Waals surface area contributed by atoms with Crippen molar-refractivity contribution in [2.45, 2.75) is 38.0 Å². The van der Waals surface area contributed by atoms with E-state index in [1.165, 1.54) is 10.7 Å². The number of amides is 1. The molecule has 8 nitrogen and oxygen atoms in total. The lowest BCUT2D eigenvalue weighted by molar-refractivity contribution is -0.0536. The van der Waals surface area contributed by atoms with E-state index < -0.39 is 18.1 Å². The molecule has 10 heteroatoms. The molecule has 1 amide bonds. The maximum Gasteiger partial charge on any atom is 0.387 e. The molecule has 2 aromatic heterocycles. The second-order valence-electron chi connectivity index (χ2n) is 8.96. The molecular formula is C25H23F2N5O3. The minimum absolute atomic E-state index is 0.0210. The van der Waals surface area contributed by atoms with E-state index in [0.29, 0.717) is 35.0 Å². The Morgan fingerprint density at radius 2 is 1.89 bits per heavy atom. The maximum atomic E-state index is 13.1. The van der Waals surface area contributed by atoms with Crippen molar-refractivity contribution in [3.63, 3.8) is 0 Å². The molecule has 1 aliphatic carbocycles. The number of aliphatic hydroxyl groups is 1. The van der Waals surface area contributed by atoms with Gasteiger partial charge in [-0.2, -0.15) is 13.9 Å². The third kappa shape index (κ3) is 4.17. The van der Waals surface area contributed by atoms with Crippen LogP contribution in [-0.4, -0.2) is 38.0 Å². The molecule has 5 rings (SSSR count). The minimum atomic E-state index is -3.01. The van der Waals surface area contributed by atoms with E-state index in [4.69, 9.17) is 16.2 Å². The number of fused-ring (bicyclic) bond motifs is 1. The smallest absolute Gasteiger partial charge is 0.387 e. The lowest BCUT2D eigenvalue weighted by atomic mass is 9.77. The number of carbonyl (C=O) groups excluding carboxylic acids is 1. The number of halogens is 2. The van der Waals surface area contributed by atoms with Crippen LogP contribution < -0.4 is 16.2 Å². The standard InChI is InChI=1S/C25H23F2N5O3/c1-25(34)11-15(12-25)32-22(28)20(23(29)33)21(31-32)14-7-8-16-18(9-14)30-17(10-19(16)35-24(26)27)13-5-3-2-4-6-13/h2-10,15,24,34H,11-12,28H2,1H3,(H2,29,33)/t15-,25+. The largest absolute Gasteiger partial charge is 0.434 e. The molecule has 0 aliphatic heterocycles.